The molecule has 34 heavy (non-hydrogen) atoms. The van der Waals surface area contributed by atoms with Crippen molar-refractivity contribution in [3.05, 3.63) is 88.6 Å². The van der Waals surface area contributed by atoms with Crippen LogP contribution in [0.4, 0.5) is 0 Å². The third-order valence-corrected chi connectivity index (χ3v) is 8.26. The van der Waals surface area contributed by atoms with Gasteiger partial charge in [0.15, 0.2) is 5.84 Å². The zero-order chi connectivity index (χ0) is 23.9. The van der Waals surface area contributed by atoms with Gasteiger partial charge in [0.1, 0.15) is 11.9 Å². The van der Waals surface area contributed by atoms with Crippen molar-refractivity contribution in [2.24, 2.45) is 9.98 Å². The van der Waals surface area contributed by atoms with Gasteiger partial charge in [0.05, 0.1) is 9.93 Å². The summed E-state index contributed by atoms with van der Waals surface area (Å²) in [4.78, 5) is 24.5. The first kappa shape index (κ1) is 22.7. The first-order valence-corrected chi connectivity index (χ1v) is 12.8. The van der Waals surface area contributed by atoms with Gasteiger partial charge in [-0.15, -0.1) is 0 Å². The topological polar surface area (TPSA) is 82.4 Å². The van der Waals surface area contributed by atoms with Gasteiger partial charge in [0.25, 0.3) is 5.91 Å². The van der Waals surface area contributed by atoms with E-state index in [1.807, 2.05) is 36.1 Å². The number of hydrogen-bond donors (Lipinski definition) is 0. The Bertz CT molecular complexity index is 1380. The molecule has 1 amide bonds. The fraction of sp³-hybridized carbons (Fsp3) is 0.240. The van der Waals surface area contributed by atoms with Crippen LogP contribution < -0.4 is 0 Å². The lowest BCUT2D eigenvalue weighted by molar-refractivity contribution is -0.120. The molecule has 0 saturated carbocycles. The van der Waals surface area contributed by atoms with E-state index in [9.17, 15) is 13.2 Å². The Balaban J connectivity index is 1.51. The molecule has 0 aromatic heterocycles. The fourth-order valence-corrected chi connectivity index (χ4v) is 6.18. The van der Waals surface area contributed by atoms with E-state index in [2.05, 4.69) is 9.98 Å². The monoisotopic (exact) mass is 494 g/mol. The number of sulfonamides is 1. The average molecular weight is 495 g/mol. The predicted molar refractivity (Wildman–Crippen MR) is 132 cm³/mol. The van der Waals surface area contributed by atoms with Crippen LogP contribution in [0, 0.1) is 6.92 Å². The number of aryl methyl sites for hydroxylation is 1. The molecule has 1 fully saturated rings. The van der Waals surface area contributed by atoms with Gasteiger partial charge in [0, 0.05) is 24.9 Å². The summed E-state index contributed by atoms with van der Waals surface area (Å²) in [5.74, 6) is 0.376. The average Bonchev–Trinajstić information content (AvgIpc) is 3.27. The molecule has 0 bridgehead atoms. The SMILES string of the molecule is Cc1ccc(S(=O)(=O)N2CCC[C@H]2C(=O)N=C2N=C3C=CC(Cl)=CN3Cc3ccccc32)cc1. The molecule has 0 N–H and O–H groups in total. The Morgan fingerprint density at radius 3 is 2.68 bits per heavy atom. The van der Waals surface area contributed by atoms with Gasteiger partial charge in [-0.25, -0.2) is 13.4 Å². The van der Waals surface area contributed by atoms with Crippen LogP contribution in [0.5, 0.6) is 0 Å². The number of amidine groups is 2. The number of nitrogens with zero attached hydrogens (tertiary/aromatic N) is 4. The van der Waals surface area contributed by atoms with Crippen LogP contribution in [0.3, 0.4) is 0 Å². The molecule has 0 spiro atoms. The van der Waals surface area contributed by atoms with E-state index in [4.69, 9.17) is 11.6 Å². The lowest BCUT2D eigenvalue weighted by atomic mass is 10.1. The predicted octanol–water partition coefficient (Wildman–Crippen LogP) is 3.99. The zero-order valence-electron chi connectivity index (χ0n) is 18.6. The number of halogens is 1. The summed E-state index contributed by atoms with van der Waals surface area (Å²) in [5, 5.41) is 0.579. The quantitative estimate of drug-likeness (QED) is 0.646. The first-order valence-electron chi connectivity index (χ1n) is 11.0. The van der Waals surface area contributed by atoms with Gasteiger partial charge in [-0.05, 0) is 49.6 Å². The highest BCUT2D eigenvalue weighted by Crippen LogP contribution is 2.28. The lowest BCUT2D eigenvalue weighted by Gasteiger charge is -2.22. The van der Waals surface area contributed by atoms with E-state index in [1.54, 1.807) is 42.6 Å². The lowest BCUT2D eigenvalue weighted by Crippen LogP contribution is -2.40. The van der Waals surface area contributed by atoms with Crippen molar-refractivity contribution in [1.29, 1.82) is 0 Å². The van der Waals surface area contributed by atoms with Crippen molar-refractivity contribution in [2.45, 2.75) is 37.2 Å². The summed E-state index contributed by atoms with van der Waals surface area (Å²) in [5.41, 5.74) is 2.65. The summed E-state index contributed by atoms with van der Waals surface area (Å²) in [6.45, 7) is 2.70. The van der Waals surface area contributed by atoms with Gasteiger partial charge in [-0.1, -0.05) is 53.6 Å². The molecule has 2 aromatic carbocycles. The van der Waals surface area contributed by atoms with Crippen molar-refractivity contribution in [3.63, 3.8) is 0 Å². The minimum absolute atomic E-state index is 0.178. The van der Waals surface area contributed by atoms with Crippen LogP contribution in [0.15, 0.2) is 86.8 Å². The minimum Gasteiger partial charge on any atom is -0.327 e. The van der Waals surface area contributed by atoms with Crippen LogP contribution in [0.2, 0.25) is 0 Å². The molecule has 7 nitrogen and oxygen atoms in total. The van der Waals surface area contributed by atoms with Crippen LogP contribution in [-0.2, 0) is 21.4 Å². The molecule has 1 saturated heterocycles. The van der Waals surface area contributed by atoms with Gasteiger partial charge in [-0.3, -0.25) is 4.79 Å². The molecule has 3 aliphatic rings. The minimum atomic E-state index is -3.82. The maximum absolute atomic E-state index is 13.4. The maximum Gasteiger partial charge on any atom is 0.266 e. The number of carbonyl (C=O) groups excluding carboxylic acids is 1. The van der Waals surface area contributed by atoms with E-state index in [0.29, 0.717) is 30.3 Å². The Morgan fingerprint density at radius 1 is 1.12 bits per heavy atom. The molecule has 0 aliphatic carbocycles. The summed E-state index contributed by atoms with van der Waals surface area (Å²) in [6.07, 6.45) is 6.31. The number of carbonyl (C=O) groups is 1. The van der Waals surface area contributed by atoms with Crippen molar-refractivity contribution in [3.8, 4) is 0 Å². The number of fused-ring (bicyclic) bond motifs is 2. The number of amides is 1. The second kappa shape index (κ2) is 8.94. The maximum atomic E-state index is 13.4. The summed E-state index contributed by atoms with van der Waals surface area (Å²) in [7, 11) is -3.82. The molecule has 3 aliphatic heterocycles. The van der Waals surface area contributed by atoms with Gasteiger partial charge in [-0.2, -0.15) is 9.30 Å². The van der Waals surface area contributed by atoms with E-state index in [1.165, 1.54) is 4.31 Å². The fourth-order valence-electron chi connectivity index (χ4n) is 4.35. The summed E-state index contributed by atoms with van der Waals surface area (Å²) in [6, 6.07) is 13.4. The van der Waals surface area contributed by atoms with Gasteiger partial charge >= 0.3 is 0 Å². The van der Waals surface area contributed by atoms with Gasteiger partial charge < -0.3 is 4.90 Å². The smallest absolute Gasteiger partial charge is 0.266 e. The molecule has 0 radical (unpaired) electrons. The van der Waals surface area contributed by atoms with Crippen LogP contribution in [0.25, 0.3) is 0 Å². The highest BCUT2D eigenvalue weighted by atomic mass is 35.5. The van der Waals surface area contributed by atoms with E-state index in [-0.39, 0.29) is 17.3 Å². The first-order chi connectivity index (χ1) is 16.3. The number of aliphatic imine (C=N–C) groups is 2. The largest absolute Gasteiger partial charge is 0.327 e. The molecule has 5 rings (SSSR count). The standard InChI is InChI=1S/C25H23ClN4O3S/c1-17-8-11-20(12-9-17)34(32,33)30-14-4-7-22(30)25(31)28-24-21-6-3-2-5-18(21)15-29-16-19(26)10-13-23(29)27-24/h2-3,5-6,8-13,16,22H,4,7,14-15H2,1H3/t22-/m0/s1. The van der Waals surface area contributed by atoms with Crippen LogP contribution in [0.1, 0.15) is 29.5 Å². The van der Waals surface area contributed by atoms with Crippen molar-refractivity contribution >= 4 is 39.2 Å². The summed E-state index contributed by atoms with van der Waals surface area (Å²) >= 11 is 6.17. The third kappa shape index (κ3) is 4.24. The Hall–Kier alpha value is -3.07. The number of allylic oxidation sites excluding steroid dienone is 2. The molecule has 174 valence electrons. The Labute approximate surface area is 203 Å². The number of hydrogen-bond acceptors (Lipinski definition) is 4. The van der Waals surface area contributed by atoms with E-state index >= 15 is 0 Å². The Morgan fingerprint density at radius 2 is 1.88 bits per heavy atom. The second-order valence-corrected chi connectivity index (χ2v) is 10.8. The highest BCUT2D eigenvalue weighted by molar-refractivity contribution is 7.89. The number of benzene rings is 2. The molecule has 3 heterocycles. The van der Waals surface area contributed by atoms with Crippen molar-refractivity contribution in [2.75, 3.05) is 6.54 Å². The molecule has 9 heteroatoms. The second-order valence-electron chi connectivity index (χ2n) is 8.46. The number of rotatable bonds is 3. The third-order valence-electron chi connectivity index (χ3n) is 6.12. The molecule has 0 unspecified atom stereocenters. The van der Waals surface area contributed by atoms with Gasteiger partial charge in [0.2, 0.25) is 10.0 Å². The molecule has 1 atom stereocenters. The summed E-state index contributed by atoms with van der Waals surface area (Å²) < 4.78 is 27.8. The molecular weight excluding hydrogens is 472 g/mol. The van der Waals surface area contributed by atoms with Crippen molar-refractivity contribution in [1.82, 2.24) is 9.21 Å². The zero-order valence-corrected chi connectivity index (χ0v) is 20.1. The van der Waals surface area contributed by atoms with Crippen LogP contribution in [-0.4, -0.2) is 47.8 Å². The highest BCUT2D eigenvalue weighted by Gasteiger charge is 2.39. The van der Waals surface area contributed by atoms with Crippen molar-refractivity contribution < 1.29 is 13.2 Å². The Kier molecular flexibility index (Phi) is 5.97. The molecule has 2 aromatic rings. The molecular formula is C25H23ClN4O3S. The van der Waals surface area contributed by atoms with E-state index < -0.39 is 22.0 Å². The van der Waals surface area contributed by atoms with E-state index in [0.717, 1.165) is 16.7 Å². The van der Waals surface area contributed by atoms with Crippen LogP contribution >= 0.6 is 11.6 Å². The normalized spacial score (nSPS) is 21.5.